The van der Waals surface area contributed by atoms with Crippen LogP contribution in [0.4, 0.5) is 0 Å². The zero-order valence-electron chi connectivity index (χ0n) is 15.1. The fraction of sp³-hybridized carbons (Fsp3) is 0.619. The molecule has 1 aliphatic heterocycles. The summed E-state index contributed by atoms with van der Waals surface area (Å²) in [5.74, 6) is 1.14. The number of hydrogen-bond donors (Lipinski definition) is 0. The van der Waals surface area contributed by atoms with Crippen LogP contribution in [0.25, 0.3) is 0 Å². The molecule has 1 aliphatic carbocycles. The molecule has 0 spiro atoms. The molecule has 0 bridgehead atoms. The summed E-state index contributed by atoms with van der Waals surface area (Å²) in [6.07, 6.45) is 8.56. The van der Waals surface area contributed by atoms with E-state index in [0.717, 1.165) is 51.5 Å². The predicted octanol–water partition coefficient (Wildman–Crippen LogP) is 3.56. The molecule has 1 heterocycles. The molecule has 1 saturated heterocycles. The highest BCUT2D eigenvalue weighted by Gasteiger charge is 2.22. The summed E-state index contributed by atoms with van der Waals surface area (Å²) in [7, 11) is 0. The van der Waals surface area contributed by atoms with Gasteiger partial charge in [-0.3, -0.25) is 9.69 Å². The fourth-order valence-electron chi connectivity index (χ4n) is 4.06. The van der Waals surface area contributed by atoms with Gasteiger partial charge < -0.3 is 4.90 Å². The van der Waals surface area contributed by atoms with E-state index >= 15 is 0 Å². The maximum absolute atomic E-state index is 12.5. The van der Waals surface area contributed by atoms with E-state index in [0.29, 0.717) is 11.5 Å². The van der Waals surface area contributed by atoms with Crippen LogP contribution in [0.2, 0.25) is 0 Å². The zero-order valence-corrected chi connectivity index (χ0v) is 15.1. The molecule has 2 fully saturated rings. The smallest absolute Gasteiger partial charge is 0.222 e. The van der Waals surface area contributed by atoms with Gasteiger partial charge >= 0.3 is 0 Å². The van der Waals surface area contributed by atoms with Crippen molar-refractivity contribution in [2.24, 2.45) is 5.92 Å². The van der Waals surface area contributed by atoms with E-state index in [-0.39, 0.29) is 0 Å². The van der Waals surface area contributed by atoms with Crippen LogP contribution in [0.5, 0.6) is 0 Å². The van der Waals surface area contributed by atoms with Gasteiger partial charge in [0.2, 0.25) is 5.91 Å². The van der Waals surface area contributed by atoms with Gasteiger partial charge in [-0.2, -0.15) is 5.26 Å². The quantitative estimate of drug-likeness (QED) is 0.824. The van der Waals surface area contributed by atoms with Crippen molar-refractivity contribution < 1.29 is 4.79 Å². The van der Waals surface area contributed by atoms with E-state index in [9.17, 15) is 4.79 Å². The number of amides is 1. The highest BCUT2D eigenvalue weighted by atomic mass is 16.2. The zero-order chi connectivity index (χ0) is 17.5. The van der Waals surface area contributed by atoms with E-state index in [1.165, 1.54) is 37.7 Å². The molecule has 2 aliphatic rings. The van der Waals surface area contributed by atoms with Crippen molar-refractivity contribution in [3.63, 3.8) is 0 Å². The Labute approximate surface area is 151 Å². The number of piperazine rings is 1. The van der Waals surface area contributed by atoms with Crippen molar-refractivity contribution in [2.75, 3.05) is 26.2 Å². The molecular formula is C21H29N3O. The molecule has 3 rings (SSSR count). The van der Waals surface area contributed by atoms with Gasteiger partial charge in [0.25, 0.3) is 0 Å². The molecule has 1 aromatic carbocycles. The lowest BCUT2D eigenvalue weighted by molar-refractivity contribution is -0.133. The maximum Gasteiger partial charge on any atom is 0.222 e. The minimum absolute atomic E-state index is 0.351. The summed E-state index contributed by atoms with van der Waals surface area (Å²) in [5, 5.41) is 8.86. The molecule has 0 N–H and O–H groups in total. The Bertz CT molecular complexity index is 591. The lowest BCUT2D eigenvalue weighted by Crippen LogP contribution is -2.48. The van der Waals surface area contributed by atoms with Crippen LogP contribution >= 0.6 is 0 Å². The summed E-state index contributed by atoms with van der Waals surface area (Å²) in [4.78, 5) is 16.9. The predicted molar refractivity (Wildman–Crippen MR) is 98.8 cm³/mol. The van der Waals surface area contributed by atoms with E-state index in [1.54, 1.807) is 0 Å². The Morgan fingerprint density at radius 1 is 1.04 bits per heavy atom. The summed E-state index contributed by atoms with van der Waals surface area (Å²) in [6, 6.07) is 9.96. The largest absolute Gasteiger partial charge is 0.340 e. The second-order valence-corrected chi connectivity index (χ2v) is 7.51. The summed E-state index contributed by atoms with van der Waals surface area (Å²) in [6.45, 7) is 4.47. The molecule has 1 amide bonds. The number of nitriles is 1. The lowest BCUT2D eigenvalue weighted by atomic mass is 9.86. The molecule has 25 heavy (non-hydrogen) atoms. The first-order valence-corrected chi connectivity index (χ1v) is 9.74. The molecule has 1 saturated carbocycles. The van der Waals surface area contributed by atoms with Crippen molar-refractivity contribution in [1.29, 1.82) is 5.26 Å². The normalized spacial score (nSPS) is 19.6. The van der Waals surface area contributed by atoms with Gasteiger partial charge in [0.15, 0.2) is 0 Å². The molecule has 134 valence electrons. The molecule has 0 radical (unpaired) electrons. The summed E-state index contributed by atoms with van der Waals surface area (Å²) < 4.78 is 0. The van der Waals surface area contributed by atoms with Gasteiger partial charge in [0.05, 0.1) is 11.6 Å². The average molecular weight is 339 g/mol. The third-order valence-corrected chi connectivity index (χ3v) is 5.71. The molecule has 4 heteroatoms. The van der Waals surface area contributed by atoms with E-state index < -0.39 is 0 Å². The summed E-state index contributed by atoms with van der Waals surface area (Å²) >= 11 is 0. The standard InChI is InChI=1S/C21H29N3O/c22-16-19-6-8-20(9-7-19)17-23-12-14-24(15-13-23)21(25)11-10-18-4-2-1-3-5-18/h6-9,18H,1-5,10-15,17H2. The second kappa shape index (κ2) is 9.01. The van der Waals surface area contributed by atoms with Crippen molar-refractivity contribution in [3.8, 4) is 6.07 Å². The Kier molecular flexibility index (Phi) is 6.47. The molecule has 0 aromatic heterocycles. The van der Waals surface area contributed by atoms with Crippen LogP contribution in [-0.2, 0) is 11.3 Å². The van der Waals surface area contributed by atoms with Gasteiger partial charge in [-0.05, 0) is 30.0 Å². The van der Waals surface area contributed by atoms with Crippen LogP contribution in [0.15, 0.2) is 24.3 Å². The Balaban J connectivity index is 1.38. The number of hydrogen-bond acceptors (Lipinski definition) is 3. The highest BCUT2D eigenvalue weighted by Crippen LogP contribution is 2.27. The Morgan fingerprint density at radius 2 is 1.72 bits per heavy atom. The monoisotopic (exact) mass is 339 g/mol. The van der Waals surface area contributed by atoms with Crippen LogP contribution in [0.3, 0.4) is 0 Å². The van der Waals surface area contributed by atoms with E-state index in [1.807, 2.05) is 24.3 Å². The van der Waals surface area contributed by atoms with Gasteiger partial charge in [0, 0.05) is 39.1 Å². The van der Waals surface area contributed by atoms with E-state index in [4.69, 9.17) is 5.26 Å². The SMILES string of the molecule is N#Cc1ccc(CN2CCN(C(=O)CCC3CCCCC3)CC2)cc1. The van der Waals surface area contributed by atoms with Crippen molar-refractivity contribution in [1.82, 2.24) is 9.80 Å². The number of carbonyl (C=O) groups excluding carboxylic acids is 1. The first-order chi connectivity index (χ1) is 12.2. The van der Waals surface area contributed by atoms with Crippen LogP contribution < -0.4 is 0 Å². The second-order valence-electron chi connectivity index (χ2n) is 7.51. The van der Waals surface area contributed by atoms with Gasteiger partial charge in [-0.25, -0.2) is 0 Å². The molecule has 0 unspecified atom stereocenters. The van der Waals surface area contributed by atoms with Gasteiger partial charge in [0.1, 0.15) is 0 Å². The average Bonchev–Trinajstić information content (AvgIpc) is 2.68. The van der Waals surface area contributed by atoms with Crippen LogP contribution in [0.1, 0.15) is 56.1 Å². The third-order valence-electron chi connectivity index (χ3n) is 5.71. The fourth-order valence-corrected chi connectivity index (χ4v) is 4.06. The molecule has 4 nitrogen and oxygen atoms in total. The minimum atomic E-state index is 0.351. The number of carbonyl (C=O) groups is 1. The van der Waals surface area contributed by atoms with Crippen molar-refractivity contribution in [2.45, 2.75) is 51.5 Å². The van der Waals surface area contributed by atoms with Crippen LogP contribution in [-0.4, -0.2) is 41.9 Å². The lowest BCUT2D eigenvalue weighted by Gasteiger charge is -2.35. The van der Waals surface area contributed by atoms with Crippen LogP contribution in [0, 0.1) is 17.2 Å². The highest BCUT2D eigenvalue weighted by molar-refractivity contribution is 5.76. The topological polar surface area (TPSA) is 47.3 Å². The first kappa shape index (κ1) is 17.9. The Hall–Kier alpha value is -1.86. The Morgan fingerprint density at radius 3 is 2.36 bits per heavy atom. The van der Waals surface area contributed by atoms with Gasteiger partial charge in [-0.1, -0.05) is 44.2 Å². The van der Waals surface area contributed by atoms with Gasteiger partial charge in [-0.15, -0.1) is 0 Å². The van der Waals surface area contributed by atoms with Crippen molar-refractivity contribution >= 4 is 5.91 Å². The molecule has 1 aromatic rings. The molecular weight excluding hydrogens is 310 g/mol. The third kappa shape index (κ3) is 5.31. The first-order valence-electron chi connectivity index (χ1n) is 9.74. The number of nitrogens with zero attached hydrogens (tertiary/aromatic N) is 3. The van der Waals surface area contributed by atoms with E-state index in [2.05, 4.69) is 15.9 Å². The number of rotatable bonds is 5. The maximum atomic E-state index is 12.5. The minimum Gasteiger partial charge on any atom is -0.340 e. The summed E-state index contributed by atoms with van der Waals surface area (Å²) in [5.41, 5.74) is 1.94. The number of benzene rings is 1. The van der Waals surface area contributed by atoms with Crippen molar-refractivity contribution in [3.05, 3.63) is 35.4 Å². The molecule has 0 atom stereocenters.